The van der Waals surface area contributed by atoms with Crippen molar-refractivity contribution in [3.05, 3.63) is 48.6 Å². The second kappa shape index (κ2) is 8.49. The second-order valence-electron chi connectivity index (χ2n) is 10.2. The minimum absolute atomic E-state index is 0.130. The summed E-state index contributed by atoms with van der Waals surface area (Å²) < 4.78 is 11.3. The van der Waals surface area contributed by atoms with Gasteiger partial charge in [0.2, 0.25) is 0 Å². The highest BCUT2D eigenvalue weighted by Crippen LogP contribution is 2.45. The normalized spacial score (nSPS) is 16.0. The molecular weight excluding hydrogens is 404 g/mol. The highest BCUT2D eigenvalue weighted by molar-refractivity contribution is 6.08. The molecule has 1 heterocycles. The summed E-state index contributed by atoms with van der Waals surface area (Å²) in [6, 6.07) is 9.85. The van der Waals surface area contributed by atoms with Gasteiger partial charge in [-0.3, -0.25) is 9.80 Å². The van der Waals surface area contributed by atoms with Crippen molar-refractivity contribution in [3.63, 3.8) is 0 Å². The van der Waals surface area contributed by atoms with Crippen molar-refractivity contribution in [1.29, 1.82) is 0 Å². The Hall–Kier alpha value is -3.02. The molecule has 0 N–H and O–H groups in total. The molecule has 0 saturated heterocycles. The molecule has 0 bridgehead atoms. The van der Waals surface area contributed by atoms with Crippen molar-refractivity contribution >= 4 is 34.3 Å². The molecule has 0 fully saturated rings. The predicted molar refractivity (Wildman–Crippen MR) is 130 cm³/mol. The molecule has 1 aliphatic heterocycles. The quantitative estimate of drug-likeness (QED) is 0.505. The average Bonchev–Trinajstić information content (AvgIpc) is 3.00. The highest BCUT2D eigenvalue weighted by atomic mass is 16.6. The molecule has 32 heavy (non-hydrogen) atoms. The van der Waals surface area contributed by atoms with Crippen molar-refractivity contribution < 1.29 is 19.1 Å². The maximum absolute atomic E-state index is 13.1. The van der Waals surface area contributed by atoms with Crippen molar-refractivity contribution in [3.8, 4) is 0 Å². The number of nitrogens with zero attached hydrogens (tertiary/aromatic N) is 2. The zero-order valence-electron chi connectivity index (χ0n) is 20.2. The summed E-state index contributed by atoms with van der Waals surface area (Å²) >= 11 is 0. The van der Waals surface area contributed by atoms with Crippen molar-refractivity contribution in [2.45, 2.75) is 65.6 Å². The van der Waals surface area contributed by atoms with Gasteiger partial charge in [0.05, 0.1) is 11.4 Å². The fraction of sp³-hybridized carbons (Fsp3) is 0.462. The van der Waals surface area contributed by atoms with Crippen LogP contribution in [0.2, 0.25) is 0 Å². The number of amides is 2. The first-order valence-electron chi connectivity index (χ1n) is 11.0. The van der Waals surface area contributed by atoms with E-state index in [0.717, 1.165) is 22.0 Å². The number of ether oxygens (including phenoxy) is 2. The maximum atomic E-state index is 13.1. The van der Waals surface area contributed by atoms with Gasteiger partial charge in [-0.1, -0.05) is 37.3 Å². The van der Waals surface area contributed by atoms with Crippen molar-refractivity contribution in [1.82, 2.24) is 0 Å². The number of hydrogen-bond acceptors (Lipinski definition) is 4. The largest absolute Gasteiger partial charge is 0.443 e. The van der Waals surface area contributed by atoms with E-state index in [4.69, 9.17) is 9.47 Å². The number of anilines is 2. The number of hydrogen-bond donors (Lipinski definition) is 0. The van der Waals surface area contributed by atoms with E-state index in [2.05, 4.69) is 13.5 Å². The Balaban J connectivity index is 2.19. The van der Waals surface area contributed by atoms with Crippen LogP contribution in [0.3, 0.4) is 0 Å². The molecule has 3 rings (SSSR count). The van der Waals surface area contributed by atoms with E-state index in [-0.39, 0.29) is 12.5 Å². The molecule has 1 unspecified atom stereocenters. The molecule has 0 aliphatic carbocycles. The number of carbonyl (C=O) groups excluding carboxylic acids is 2. The summed E-state index contributed by atoms with van der Waals surface area (Å²) in [6.07, 6.45) is 0.814. The van der Waals surface area contributed by atoms with Crippen molar-refractivity contribution in [2.75, 3.05) is 22.9 Å². The van der Waals surface area contributed by atoms with Crippen LogP contribution in [0, 0.1) is 0 Å². The fourth-order valence-corrected chi connectivity index (χ4v) is 4.00. The van der Waals surface area contributed by atoms with Gasteiger partial charge in [0.25, 0.3) is 0 Å². The Labute approximate surface area is 190 Å². The molecule has 2 amide bonds. The van der Waals surface area contributed by atoms with Gasteiger partial charge in [0, 0.05) is 24.4 Å². The van der Waals surface area contributed by atoms with Crippen molar-refractivity contribution in [2.24, 2.45) is 0 Å². The Morgan fingerprint density at radius 1 is 1.09 bits per heavy atom. The van der Waals surface area contributed by atoms with E-state index in [1.54, 1.807) is 15.9 Å². The first kappa shape index (κ1) is 23.6. The summed E-state index contributed by atoms with van der Waals surface area (Å²) in [7, 11) is 0. The molecule has 0 aromatic heterocycles. The summed E-state index contributed by atoms with van der Waals surface area (Å²) in [5.74, 6) is 0.130. The van der Waals surface area contributed by atoms with Gasteiger partial charge in [-0.15, -0.1) is 6.58 Å². The molecule has 1 aliphatic rings. The van der Waals surface area contributed by atoms with Gasteiger partial charge in [-0.2, -0.15) is 0 Å². The van der Waals surface area contributed by atoms with Gasteiger partial charge in [-0.05, 0) is 58.6 Å². The van der Waals surface area contributed by atoms with Gasteiger partial charge >= 0.3 is 12.2 Å². The molecular formula is C26H34N2O4. The Morgan fingerprint density at radius 2 is 1.69 bits per heavy atom. The lowest BCUT2D eigenvalue weighted by atomic mass is 9.94. The van der Waals surface area contributed by atoms with Crippen LogP contribution in [0.4, 0.5) is 21.0 Å². The summed E-state index contributed by atoms with van der Waals surface area (Å²) in [5.41, 5.74) is 1.28. The highest BCUT2D eigenvalue weighted by Gasteiger charge is 2.36. The summed E-state index contributed by atoms with van der Waals surface area (Å²) in [4.78, 5) is 29.4. The van der Waals surface area contributed by atoms with Crippen LogP contribution in [0.5, 0.6) is 0 Å². The third kappa shape index (κ3) is 4.90. The second-order valence-corrected chi connectivity index (χ2v) is 10.2. The maximum Gasteiger partial charge on any atom is 0.415 e. The van der Waals surface area contributed by atoms with Gasteiger partial charge in [0.15, 0.2) is 0 Å². The fourth-order valence-electron chi connectivity index (χ4n) is 4.00. The van der Waals surface area contributed by atoms with Crippen LogP contribution in [-0.4, -0.2) is 36.5 Å². The molecule has 0 spiro atoms. The zero-order valence-corrected chi connectivity index (χ0v) is 20.2. The monoisotopic (exact) mass is 438 g/mol. The average molecular weight is 439 g/mol. The molecule has 2 aromatic carbocycles. The smallest absolute Gasteiger partial charge is 0.415 e. The van der Waals surface area contributed by atoms with Crippen LogP contribution >= 0.6 is 0 Å². The lowest BCUT2D eigenvalue weighted by molar-refractivity contribution is 0.0574. The minimum Gasteiger partial charge on any atom is -0.443 e. The van der Waals surface area contributed by atoms with E-state index in [9.17, 15) is 9.59 Å². The lowest BCUT2D eigenvalue weighted by Gasteiger charge is -2.29. The zero-order chi connectivity index (χ0) is 23.8. The lowest BCUT2D eigenvalue weighted by Crippen LogP contribution is -2.38. The Kier molecular flexibility index (Phi) is 6.27. The van der Waals surface area contributed by atoms with Crippen LogP contribution in [-0.2, 0) is 9.47 Å². The number of fused-ring (bicyclic) bond motifs is 3. The van der Waals surface area contributed by atoms with Gasteiger partial charge in [0.1, 0.15) is 11.2 Å². The molecule has 172 valence electrons. The van der Waals surface area contributed by atoms with Crippen LogP contribution < -0.4 is 9.80 Å². The Morgan fingerprint density at radius 3 is 2.25 bits per heavy atom. The SMILES string of the molecule is C=CCN(C(=O)OC(C)(C)C)c1cc2c(c3ccccc13)C(C)CN2C(=O)OC(C)(C)C. The topological polar surface area (TPSA) is 59.1 Å². The molecule has 0 radical (unpaired) electrons. The predicted octanol–water partition coefficient (Wildman–Crippen LogP) is 6.63. The molecule has 6 nitrogen and oxygen atoms in total. The van der Waals surface area contributed by atoms with Crippen LogP contribution in [0.25, 0.3) is 10.8 Å². The third-order valence-corrected chi connectivity index (χ3v) is 5.11. The third-order valence-electron chi connectivity index (χ3n) is 5.11. The number of benzene rings is 2. The van der Waals surface area contributed by atoms with E-state index >= 15 is 0 Å². The van der Waals surface area contributed by atoms with E-state index in [1.807, 2.05) is 71.9 Å². The van der Waals surface area contributed by atoms with E-state index in [0.29, 0.717) is 12.2 Å². The molecule has 6 heteroatoms. The summed E-state index contributed by atoms with van der Waals surface area (Å²) in [6.45, 7) is 17.8. The summed E-state index contributed by atoms with van der Waals surface area (Å²) in [5, 5.41) is 1.94. The van der Waals surface area contributed by atoms with E-state index in [1.165, 1.54) is 0 Å². The number of rotatable bonds is 3. The molecule has 2 aromatic rings. The molecule has 1 atom stereocenters. The first-order valence-corrected chi connectivity index (χ1v) is 11.0. The molecule has 0 saturated carbocycles. The van der Waals surface area contributed by atoms with Crippen LogP contribution in [0.15, 0.2) is 43.0 Å². The standard InChI is InChI=1S/C26H34N2O4/c1-9-14-27(23(29)31-25(3,4)5)20-15-21-22(19-13-11-10-12-18(19)20)17(2)16-28(21)24(30)32-26(6,7)8/h9-13,15,17H,1,14,16H2,2-8H3. The van der Waals surface area contributed by atoms with Crippen LogP contribution in [0.1, 0.15) is 59.9 Å². The Bertz CT molecular complexity index is 1050. The number of carbonyl (C=O) groups is 2. The first-order chi connectivity index (χ1) is 14.8. The van der Waals surface area contributed by atoms with Gasteiger partial charge in [-0.25, -0.2) is 9.59 Å². The minimum atomic E-state index is -0.639. The van der Waals surface area contributed by atoms with E-state index < -0.39 is 23.4 Å². The van der Waals surface area contributed by atoms with Gasteiger partial charge < -0.3 is 9.47 Å².